The van der Waals surface area contributed by atoms with Gasteiger partial charge in [-0.25, -0.2) is 13.2 Å². The van der Waals surface area contributed by atoms with Crippen molar-refractivity contribution in [2.24, 2.45) is 0 Å². The quantitative estimate of drug-likeness (QED) is 0.616. The van der Waals surface area contributed by atoms with Crippen molar-refractivity contribution in [2.45, 2.75) is 18.9 Å². The first kappa shape index (κ1) is 19.7. The average Bonchev–Trinajstić information content (AvgIpc) is 2.70. The molecule has 1 aromatic heterocycles. The van der Waals surface area contributed by atoms with Gasteiger partial charge in [0.2, 0.25) is 11.8 Å². The molecule has 0 saturated carbocycles. The number of benzene rings is 2. The Labute approximate surface area is 167 Å². The third-order valence-electron chi connectivity index (χ3n) is 4.69. The molecule has 0 bridgehead atoms. The van der Waals surface area contributed by atoms with E-state index in [1.807, 2.05) is 0 Å². The summed E-state index contributed by atoms with van der Waals surface area (Å²) in [7, 11) is 0. The van der Waals surface area contributed by atoms with E-state index in [2.05, 4.69) is 10.3 Å². The number of alkyl halides is 2. The van der Waals surface area contributed by atoms with Gasteiger partial charge < -0.3 is 15.0 Å². The molecular formula is C21H15F4N3O2. The third-order valence-corrected chi connectivity index (χ3v) is 4.69. The number of halogens is 4. The molecule has 0 saturated heterocycles. The molecule has 3 aromatic rings. The van der Waals surface area contributed by atoms with Gasteiger partial charge in [-0.15, -0.1) is 0 Å². The number of rotatable bonds is 4. The Morgan fingerprint density at radius 1 is 1.10 bits per heavy atom. The minimum absolute atomic E-state index is 0.0448. The van der Waals surface area contributed by atoms with Crippen molar-refractivity contribution >= 4 is 22.4 Å². The summed E-state index contributed by atoms with van der Waals surface area (Å²) in [6.45, 7) is -0.261. The predicted octanol–water partition coefficient (Wildman–Crippen LogP) is 4.45. The number of fused-ring (bicyclic) bond motifs is 1. The topological polar surface area (TPSA) is 67.2 Å². The molecule has 0 fully saturated rings. The maximum atomic E-state index is 13.9. The van der Waals surface area contributed by atoms with Crippen LogP contribution in [-0.4, -0.2) is 27.0 Å². The fourth-order valence-electron chi connectivity index (χ4n) is 3.25. The normalized spacial score (nSPS) is 18.8. The van der Waals surface area contributed by atoms with Crippen molar-refractivity contribution in [1.82, 2.24) is 9.55 Å². The molecule has 4 rings (SSSR count). The van der Waals surface area contributed by atoms with Crippen molar-refractivity contribution < 1.29 is 22.7 Å². The molecule has 2 atom stereocenters. The molecule has 0 spiro atoms. The highest BCUT2D eigenvalue weighted by molar-refractivity contribution is 5.98. The number of nitrogens with zero attached hydrogens (tertiary/aromatic N) is 2. The highest BCUT2D eigenvalue weighted by Gasteiger charge is 2.27. The molecule has 30 heavy (non-hydrogen) atoms. The lowest BCUT2D eigenvalue weighted by Gasteiger charge is -2.19. The van der Waals surface area contributed by atoms with Gasteiger partial charge in [0.1, 0.15) is 11.6 Å². The lowest BCUT2D eigenvalue weighted by atomic mass is 10.0. The van der Waals surface area contributed by atoms with Crippen LogP contribution in [0.2, 0.25) is 0 Å². The van der Waals surface area contributed by atoms with Crippen LogP contribution in [0, 0.1) is 5.82 Å². The first-order chi connectivity index (χ1) is 14.3. The molecule has 0 radical (unpaired) electrons. The van der Waals surface area contributed by atoms with E-state index in [1.54, 1.807) is 30.3 Å². The van der Waals surface area contributed by atoms with E-state index in [0.29, 0.717) is 16.5 Å². The van der Waals surface area contributed by atoms with Crippen LogP contribution in [0.15, 0.2) is 70.9 Å². The number of allylic oxidation sites excluding steroid dienone is 4. The minimum Gasteiger partial charge on any atom is -0.507 e. The Hall–Kier alpha value is -3.62. The summed E-state index contributed by atoms with van der Waals surface area (Å²) in [5.41, 5.74) is -0.608. The van der Waals surface area contributed by atoms with Crippen LogP contribution in [-0.2, 0) is 6.54 Å². The Kier molecular flexibility index (Phi) is 5.03. The van der Waals surface area contributed by atoms with E-state index in [4.69, 9.17) is 0 Å². The number of aromatic nitrogens is 2. The van der Waals surface area contributed by atoms with E-state index in [-0.39, 0.29) is 23.8 Å². The zero-order chi connectivity index (χ0) is 21.4. The Morgan fingerprint density at radius 2 is 1.83 bits per heavy atom. The van der Waals surface area contributed by atoms with Crippen LogP contribution >= 0.6 is 0 Å². The van der Waals surface area contributed by atoms with Gasteiger partial charge in [-0.05, 0) is 29.9 Å². The van der Waals surface area contributed by atoms with Gasteiger partial charge in [0, 0.05) is 22.7 Å². The summed E-state index contributed by atoms with van der Waals surface area (Å²) in [6, 6.07) is 9.87. The second kappa shape index (κ2) is 7.66. The fourth-order valence-corrected chi connectivity index (χ4v) is 3.25. The highest BCUT2D eigenvalue weighted by Crippen LogP contribution is 2.31. The molecule has 5 nitrogen and oxygen atoms in total. The summed E-state index contributed by atoms with van der Waals surface area (Å²) in [5.74, 6) is -2.47. The largest absolute Gasteiger partial charge is 0.507 e. The summed E-state index contributed by atoms with van der Waals surface area (Å²) in [4.78, 5) is 15.4. The molecular weight excluding hydrogens is 402 g/mol. The average molecular weight is 417 g/mol. The van der Waals surface area contributed by atoms with Gasteiger partial charge in [0.05, 0.1) is 6.54 Å². The van der Waals surface area contributed by atoms with Crippen LogP contribution in [0.25, 0.3) is 10.8 Å². The molecule has 2 unspecified atom stereocenters. The van der Waals surface area contributed by atoms with E-state index < -0.39 is 29.5 Å². The van der Waals surface area contributed by atoms with Gasteiger partial charge in [-0.2, -0.15) is 9.37 Å². The van der Waals surface area contributed by atoms with Crippen LogP contribution in [0.3, 0.4) is 0 Å². The van der Waals surface area contributed by atoms with Gasteiger partial charge >= 0.3 is 5.56 Å². The molecule has 0 amide bonds. The zero-order valence-corrected chi connectivity index (χ0v) is 15.3. The van der Waals surface area contributed by atoms with Crippen molar-refractivity contribution in [2.75, 3.05) is 5.32 Å². The molecule has 1 aliphatic carbocycles. The second-order valence-corrected chi connectivity index (χ2v) is 6.77. The Balaban J connectivity index is 1.75. The molecule has 154 valence electrons. The lowest BCUT2D eigenvalue weighted by Crippen LogP contribution is -2.23. The first-order valence-corrected chi connectivity index (χ1v) is 8.94. The minimum atomic E-state index is -2.38. The van der Waals surface area contributed by atoms with E-state index in [9.17, 15) is 27.5 Å². The molecule has 2 aromatic carbocycles. The Bertz CT molecular complexity index is 1250. The van der Waals surface area contributed by atoms with E-state index in [0.717, 1.165) is 22.9 Å². The monoisotopic (exact) mass is 417 g/mol. The fraction of sp³-hybridized carbons (Fsp3) is 0.143. The number of hydrogen-bond donors (Lipinski definition) is 2. The summed E-state index contributed by atoms with van der Waals surface area (Å²) in [5, 5.41) is 14.1. The molecule has 9 heteroatoms. The van der Waals surface area contributed by atoms with Gasteiger partial charge in [-0.3, -0.25) is 4.79 Å². The van der Waals surface area contributed by atoms with Gasteiger partial charge in [0.25, 0.3) is 0 Å². The molecule has 2 N–H and O–H groups in total. The van der Waals surface area contributed by atoms with Crippen LogP contribution in [0.1, 0.15) is 0 Å². The van der Waals surface area contributed by atoms with Crippen LogP contribution in [0.5, 0.6) is 5.75 Å². The summed E-state index contributed by atoms with van der Waals surface area (Å²) < 4.78 is 55.6. The van der Waals surface area contributed by atoms with Gasteiger partial charge in [-0.1, -0.05) is 24.3 Å². The Morgan fingerprint density at radius 3 is 2.60 bits per heavy atom. The second-order valence-electron chi connectivity index (χ2n) is 6.77. The summed E-state index contributed by atoms with van der Waals surface area (Å²) in [6.07, 6.45) is -1.97. The van der Waals surface area contributed by atoms with Crippen molar-refractivity contribution in [1.29, 1.82) is 0 Å². The van der Waals surface area contributed by atoms with Crippen molar-refractivity contribution in [3.05, 3.63) is 82.3 Å². The predicted molar refractivity (Wildman–Crippen MR) is 104 cm³/mol. The number of hydrogen-bond acceptors (Lipinski definition) is 4. The number of nitrogens with one attached hydrogen (secondary N) is 1. The number of phenolic OH excluding ortho intramolecular Hbond substituents is 1. The third kappa shape index (κ3) is 3.66. The number of phenols is 1. The van der Waals surface area contributed by atoms with Crippen molar-refractivity contribution in [3.63, 3.8) is 0 Å². The summed E-state index contributed by atoms with van der Waals surface area (Å²) >= 11 is 0. The standard InChI is InChI=1S/C21H15F4N3O2/c22-14-7-11(8-15(23)19(14)25)9-28-10-16(24)20(30)27-21(28)26-17-5-1-4-13-12(17)3-2-6-18(13)29/h1-8,10,14,19,29H,9H2,(H,26,27,30). The maximum Gasteiger partial charge on any atom is 0.310 e. The molecule has 1 heterocycles. The lowest BCUT2D eigenvalue weighted by molar-refractivity contribution is 0.205. The smallest absolute Gasteiger partial charge is 0.310 e. The highest BCUT2D eigenvalue weighted by atomic mass is 19.2. The maximum absolute atomic E-state index is 13.9. The van der Waals surface area contributed by atoms with E-state index >= 15 is 0 Å². The first-order valence-electron chi connectivity index (χ1n) is 8.94. The zero-order valence-electron chi connectivity index (χ0n) is 15.3. The van der Waals surface area contributed by atoms with Crippen molar-refractivity contribution in [3.8, 4) is 5.75 Å². The molecule has 0 aliphatic heterocycles. The molecule has 1 aliphatic rings. The SMILES string of the molecule is O=c1nc(Nc2cccc3c(O)cccc23)n(CC2=CC(F)C(F)C(F)=C2)cc1F. The number of anilines is 2. The van der Waals surface area contributed by atoms with Crippen LogP contribution in [0.4, 0.5) is 29.2 Å². The number of aromatic hydroxyl groups is 1. The van der Waals surface area contributed by atoms with E-state index in [1.165, 1.54) is 6.07 Å². The van der Waals surface area contributed by atoms with Crippen LogP contribution < -0.4 is 10.9 Å². The van der Waals surface area contributed by atoms with Gasteiger partial charge in [0.15, 0.2) is 12.3 Å².